The Labute approximate surface area is 87.9 Å². The fraction of sp³-hybridized carbons (Fsp3) is 0.500. The molecule has 1 aromatic heterocycles. The van der Waals surface area contributed by atoms with E-state index in [0.29, 0.717) is 6.54 Å². The van der Waals surface area contributed by atoms with Crippen LogP contribution in [0.5, 0.6) is 0 Å². The molecule has 0 aliphatic heterocycles. The minimum absolute atomic E-state index is 0.0513. The standard InChI is InChI=1S/C10H15F2N3/c1-3-4-5-14-10-8(12)6-7(11)9(13-2)15-10/h6H,3-5H2,1-2H3,(H2,13,14,15). The summed E-state index contributed by atoms with van der Waals surface area (Å²) in [5, 5.41) is 5.38. The molecule has 84 valence electrons. The molecule has 2 N–H and O–H groups in total. The Hall–Kier alpha value is -1.39. The molecule has 3 nitrogen and oxygen atoms in total. The molecule has 0 bridgehead atoms. The van der Waals surface area contributed by atoms with Crippen LogP contribution in [0.25, 0.3) is 0 Å². The first-order valence-corrected chi connectivity index (χ1v) is 4.96. The Morgan fingerprint density at radius 1 is 1.27 bits per heavy atom. The minimum atomic E-state index is -0.684. The zero-order valence-corrected chi connectivity index (χ0v) is 8.90. The van der Waals surface area contributed by atoms with Crippen molar-refractivity contribution in [3.8, 4) is 0 Å². The van der Waals surface area contributed by atoms with E-state index in [9.17, 15) is 8.78 Å². The highest BCUT2D eigenvalue weighted by molar-refractivity contribution is 5.47. The zero-order chi connectivity index (χ0) is 11.3. The number of hydrogen-bond acceptors (Lipinski definition) is 3. The normalized spacial score (nSPS) is 10.1. The summed E-state index contributed by atoms with van der Waals surface area (Å²) in [6.45, 7) is 2.67. The summed E-state index contributed by atoms with van der Waals surface area (Å²) >= 11 is 0. The second kappa shape index (κ2) is 5.48. The van der Waals surface area contributed by atoms with Gasteiger partial charge in [0.1, 0.15) is 0 Å². The summed E-state index contributed by atoms with van der Waals surface area (Å²) in [6.07, 6.45) is 1.93. The van der Waals surface area contributed by atoms with Crippen molar-refractivity contribution in [3.63, 3.8) is 0 Å². The molecule has 0 aliphatic carbocycles. The average Bonchev–Trinajstić information content (AvgIpc) is 2.21. The van der Waals surface area contributed by atoms with Gasteiger partial charge >= 0.3 is 0 Å². The lowest BCUT2D eigenvalue weighted by Gasteiger charge is -2.08. The molecule has 1 heterocycles. The molecule has 0 saturated carbocycles. The lowest BCUT2D eigenvalue weighted by molar-refractivity contribution is 0.578. The van der Waals surface area contributed by atoms with Crippen LogP contribution >= 0.6 is 0 Å². The molecular weight excluding hydrogens is 200 g/mol. The van der Waals surface area contributed by atoms with E-state index in [0.717, 1.165) is 18.9 Å². The molecule has 0 unspecified atom stereocenters. The molecule has 15 heavy (non-hydrogen) atoms. The first-order chi connectivity index (χ1) is 7.19. The third-order valence-electron chi connectivity index (χ3n) is 1.99. The van der Waals surface area contributed by atoms with Crippen molar-refractivity contribution in [3.05, 3.63) is 17.7 Å². The maximum absolute atomic E-state index is 13.2. The van der Waals surface area contributed by atoms with E-state index in [1.165, 1.54) is 0 Å². The van der Waals surface area contributed by atoms with E-state index in [2.05, 4.69) is 15.6 Å². The summed E-state index contributed by atoms with van der Waals surface area (Å²) < 4.78 is 26.2. The highest BCUT2D eigenvalue weighted by Gasteiger charge is 2.09. The molecular formula is C10H15F2N3. The molecule has 1 aromatic rings. The number of aromatic nitrogens is 1. The zero-order valence-electron chi connectivity index (χ0n) is 8.90. The van der Waals surface area contributed by atoms with Crippen molar-refractivity contribution in [1.29, 1.82) is 0 Å². The van der Waals surface area contributed by atoms with Crippen LogP contribution in [0.15, 0.2) is 6.07 Å². The summed E-state index contributed by atoms with van der Waals surface area (Å²) in [7, 11) is 1.54. The van der Waals surface area contributed by atoms with Gasteiger partial charge in [0.05, 0.1) is 0 Å². The van der Waals surface area contributed by atoms with E-state index < -0.39 is 11.6 Å². The van der Waals surface area contributed by atoms with Gasteiger partial charge in [0, 0.05) is 19.7 Å². The molecule has 5 heteroatoms. The van der Waals surface area contributed by atoms with Crippen molar-refractivity contribution in [1.82, 2.24) is 4.98 Å². The number of pyridine rings is 1. The number of anilines is 2. The van der Waals surface area contributed by atoms with Gasteiger partial charge < -0.3 is 10.6 Å². The van der Waals surface area contributed by atoms with Gasteiger partial charge in [-0.3, -0.25) is 0 Å². The van der Waals surface area contributed by atoms with Crippen molar-refractivity contribution in [2.75, 3.05) is 24.2 Å². The Kier molecular flexibility index (Phi) is 4.27. The molecule has 0 fully saturated rings. The van der Waals surface area contributed by atoms with Gasteiger partial charge in [-0.1, -0.05) is 13.3 Å². The molecule has 1 rings (SSSR count). The molecule has 0 spiro atoms. The van der Waals surface area contributed by atoms with Crippen LogP contribution in [0.2, 0.25) is 0 Å². The topological polar surface area (TPSA) is 37.0 Å². The number of hydrogen-bond donors (Lipinski definition) is 2. The van der Waals surface area contributed by atoms with Crippen LogP contribution in [-0.4, -0.2) is 18.6 Å². The summed E-state index contributed by atoms with van der Waals surface area (Å²) in [4.78, 5) is 3.79. The van der Waals surface area contributed by atoms with Crippen LogP contribution in [0, 0.1) is 11.6 Å². The largest absolute Gasteiger partial charge is 0.371 e. The van der Waals surface area contributed by atoms with Crippen LogP contribution in [-0.2, 0) is 0 Å². The van der Waals surface area contributed by atoms with Gasteiger partial charge in [0.15, 0.2) is 23.3 Å². The first kappa shape index (κ1) is 11.7. The smallest absolute Gasteiger partial charge is 0.168 e. The average molecular weight is 215 g/mol. The Balaban J connectivity index is 2.78. The number of unbranched alkanes of at least 4 members (excludes halogenated alkanes) is 1. The van der Waals surface area contributed by atoms with Gasteiger partial charge in [0.25, 0.3) is 0 Å². The number of halogens is 2. The quantitative estimate of drug-likeness (QED) is 0.741. The van der Waals surface area contributed by atoms with E-state index in [-0.39, 0.29) is 11.6 Å². The molecule has 0 saturated heterocycles. The van der Waals surface area contributed by atoms with Gasteiger partial charge in [-0.2, -0.15) is 0 Å². The highest BCUT2D eigenvalue weighted by atomic mass is 19.1. The number of nitrogens with zero attached hydrogens (tertiary/aromatic N) is 1. The molecule has 0 aliphatic rings. The lowest BCUT2D eigenvalue weighted by Crippen LogP contribution is -2.08. The van der Waals surface area contributed by atoms with Crippen LogP contribution in [0.4, 0.5) is 20.4 Å². The van der Waals surface area contributed by atoms with Crippen molar-refractivity contribution >= 4 is 11.6 Å². The number of nitrogens with one attached hydrogen (secondary N) is 2. The second-order valence-electron chi connectivity index (χ2n) is 3.18. The maximum atomic E-state index is 13.2. The van der Waals surface area contributed by atoms with Crippen molar-refractivity contribution < 1.29 is 8.78 Å². The predicted octanol–water partition coefficient (Wildman–Crippen LogP) is 2.61. The summed E-state index contributed by atoms with van der Waals surface area (Å²) in [5.74, 6) is -1.21. The Morgan fingerprint density at radius 2 is 1.93 bits per heavy atom. The molecule has 0 atom stereocenters. The fourth-order valence-electron chi connectivity index (χ4n) is 1.15. The predicted molar refractivity (Wildman–Crippen MR) is 57.1 cm³/mol. The third-order valence-corrected chi connectivity index (χ3v) is 1.99. The summed E-state index contributed by atoms with van der Waals surface area (Å²) in [5.41, 5.74) is 0. The number of rotatable bonds is 5. The van der Waals surface area contributed by atoms with Crippen LogP contribution in [0.3, 0.4) is 0 Å². The van der Waals surface area contributed by atoms with Crippen LogP contribution < -0.4 is 10.6 Å². The van der Waals surface area contributed by atoms with E-state index in [4.69, 9.17) is 0 Å². The molecule has 0 radical (unpaired) electrons. The fourth-order valence-corrected chi connectivity index (χ4v) is 1.15. The molecule has 0 amide bonds. The lowest BCUT2D eigenvalue weighted by atomic mass is 10.3. The SMILES string of the molecule is CCCCNc1nc(NC)c(F)cc1F. The van der Waals surface area contributed by atoms with Crippen molar-refractivity contribution in [2.24, 2.45) is 0 Å². The van der Waals surface area contributed by atoms with E-state index in [1.807, 2.05) is 6.92 Å². The van der Waals surface area contributed by atoms with Gasteiger partial charge in [0.2, 0.25) is 0 Å². The third kappa shape index (κ3) is 3.04. The van der Waals surface area contributed by atoms with Gasteiger partial charge in [-0.05, 0) is 6.42 Å². The molecule has 0 aromatic carbocycles. The Bertz CT molecular complexity index is 329. The van der Waals surface area contributed by atoms with Gasteiger partial charge in [-0.25, -0.2) is 13.8 Å². The van der Waals surface area contributed by atoms with Crippen LogP contribution in [0.1, 0.15) is 19.8 Å². The second-order valence-corrected chi connectivity index (χ2v) is 3.18. The van der Waals surface area contributed by atoms with E-state index >= 15 is 0 Å². The van der Waals surface area contributed by atoms with E-state index in [1.54, 1.807) is 7.05 Å². The first-order valence-electron chi connectivity index (χ1n) is 4.96. The monoisotopic (exact) mass is 215 g/mol. The van der Waals surface area contributed by atoms with Gasteiger partial charge in [-0.15, -0.1) is 0 Å². The summed E-state index contributed by atoms with van der Waals surface area (Å²) in [6, 6.07) is 0.827. The maximum Gasteiger partial charge on any atom is 0.168 e. The Morgan fingerprint density at radius 3 is 2.53 bits per heavy atom. The highest BCUT2D eigenvalue weighted by Crippen LogP contribution is 2.18. The minimum Gasteiger partial charge on any atom is -0.371 e. The van der Waals surface area contributed by atoms with Crippen molar-refractivity contribution in [2.45, 2.75) is 19.8 Å².